The molecule has 0 spiro atoms. The smallest absolute Gasteiger partial charge is 0.336 e. The van der Waals surface area contributed by atoms with E-state index in [0.29, 0.717) is 16.9 Å². The van der Waals surface area contributed by atoms with Crippen molar-refractivity contribution in [1.29, 1.82) is 0 Å². The minimum atomic E-state index is -0.663. The highest BCUT2D eigenvalue weighted by Gasteiger charge is 2.17. The van der Waals surface area contributed by atoms with E-state index in [0.717, 1.165) is 16.5 Å². The number of benzene rings is 3. The Morgan fingerprint density at radius 1 is 0.893 bits per heavy atom. The molecular formula is C24H18O4. The molecule has 4 heteroatoms. The minimum absolute atomic E-state index is 0.111. The van der Waals surface area contributed by atoms with Crippen LogP contribution < -0.4 is 10.4 Å². The average Bonchev–Trinajstić information content (AvgIpc) is 2.73. The summed E-state index contributed by atoms with van der Waals surface area (Å²) in [5.74, 6) is 0.359. The second-order valence-electron chi connectivity index (χ2n) is 6.49. The molecule has 4 rings (SSSR count). The summed E-state index contributed by atoms with van der Waals surface area (Å²) >= 11 is 0. The summed E-state index contributed by atoms with van der Waals surface area (Å²) in [6.07, 6.45) is -0.663. The van der Waals surface area contributed by atoms with Crippen LogP contribution in [-0.2, 0) is 0 Å². The van der Waals surface area contributed by atoms with Gasteiger partial charge in [-0.2, -0.15) is 0 Å². The van der Waals surface area contributed by atoms with Crippen molar-refractivity contribution < 1.29 is 13.9 Å². The third-order valence-corrected chi connectivity index (χ3v) is 4.54. The van der Waals surface area contributed by atoms with Crippen LogP contribution in [0.25, 0.3) is 22.1 Å². The second kappa shape index (κ2) is 7.53. The topological polar surface area (TPSA) is 56.5 Å². The van der Waals surface area contributed by atoms with E-state index in [1.165, 1.54) is 6.07 Å². The van der Waals surface area contributed by atoms with Crippen molar-refractivity contribution >= 4 is 16.8 Å². The molecule has 0 radical (unpaired) electrons. The first kappa shape index (κ1) is 17.7. The Balaban J connectivity index is 1.67. The van der Waals surface area contributed by atoms with Gasteiger partial charge in [-0.3, -0.25) is 4.79 Å². The number of carbonyl (C=O) groups excluding carboxylic acids is 1. The molecule has 0 aliphatic rings. The van der Waals surface area contributed by atoms with Gasteiger partial charge in [0.05, 0.1) is 0 Å². The molecule has 0 bridgehead atoms. The first-order chi connectivity index (χ1) is 13.6. The molecule has 28 heavy (non-hydrogen) atoms. The summed E-state index contributed by atoms with van der Waals surface area (Å²) in [6, 6.07) is 25.4. The van der Waals surface area contributed by atoms with Crippen molar-refractivity contribution in [2.75, 3.05) is 0 Å². The number of carbonyl (C=O) groups is 1. The highest BCUT2D eigenvalue weighted by molar-refractivity contribution is 5.99. The Labute approximate surface area is 162 Å². The largest absolute Gasteiger partial charge is 0.482 e. The standard InChI is InChI=1S/C24H18O4/c1-16(24(26)18-10-6-3-7-11-18)27-19-12-13-20-21(17-8-4-2-5-9-17)15-23(25)28-22(20)14-19/h2-16H,1H3/t16-/m1/s1. The quantitative estimate of drug-likeness (QED) is 0.362. The van der Waals surface area contributed by atoms with Gasteiger partial charge in [-0.05, 0) is 30.2 Å². The number of fused-ring (bicyclic) bond motifs is 1. The van der Waals surface area contributed by atoms with Crippen LogP contribution in [0, 0.1) is 0 Å². The van der Waals surface area contributed by atoms with Gasteiger partial charge in [0.1, 0.15) is 11.3 Å². The molecule has 1 atom stereocenters. The third-order valence-electron chi connectivity index (χ3n) is 4.54. The molecule has 0 aliphatic heterocycles. The van der Waals surface area contributed by atoms with Crippen molar-refractivity contribution in [3.63, 3.8) is 0 Å². The lowest BCUT2D eigenvalue weighted by Crippen LogP contribution is -2.23. The molecule has 4 aromatic rings. The fourth-order valence-corrected chi connectivity index (χ4v) is 3.17. The van der Waals surface area contributed by atoms with Gasteiger partial charge in [-0.1, -0.05) is 60.7 Å². The summed E-state index contributed by atoms with van der Waals surface area (Å²) in [7, 11) is 0. The molecule has 138 valence electrons. The summed E-state index contributed by atoms with van der Waals surface area (Å²) in [4.78, 5) is 24.6. The molecule has 0 aliphatic carbocycles. The molecule has 0 amide bonds. The van der Waals surface area contributed by atoms with E-state index < -0.39 is 11.7 Å². The maximum absolute atomic E-state index is 12.5. The van der Waals surface area contributed by atoms with Crippen molar-refractivity contribution in [3.8, 4) is 16.9 Å². The minimum Gasteiger partial charge on any atom is -0.482 e. The third kappa shape index (κ3) is 3.58. The van der Waals surface area contributed by atoms with Crippen LogP contribution in [0.15, 0.2) is 94.1 Å². The lowest BCUT2D eigenvalue weighted by molar-refractivity contribution is 0.0818. The van der Waals surface area contributed by atoms with Crippen molar-refractivity contribution in [2.24, 2.45) is 0 Å². The van der Waals surface area contributed by atoms with Crippen LogP contribution in [0.3, 0.4) is 0 Å². The molecular weight excluding hydrogens is 352 g/mol. The molecule has 3 aromatic carbocycles. The van der Waals surface area contributed by atoms with Gasteiger partial charge in [0.25, 0.3) is 0 Å². The SMILES string of the molecule is C[C@@H](Oc1ccc2c(-c3ccccc3)cc(=O)oc2c1)C(=O)c1ccccc1. The lowest BCUT2D eigenvalue weighted by Gasteiger charge is -2.14. The molecule has 0 saturated carbocycles. The normalized spacial score (nSPS) is 11.9. The fraction of sp³-hybridized carbons (Fsp3) is 0.0833. The van der Waals surface area contributed by atoms with Gasteiger partial charge in [0, 0.05) is 23.1 Å². The first-order valence-electron chi connectivity index (χ1n) is 9.01. The molecule has 0 N–H and O–H groups in total. The lowest BCUT2D eigenvalue weighted by atomic mass is 10.0. The molecule has 1 heterocycles. The number of ketones is 1. The van der Waals surface area contributed by atoms with Crippen molar-refractivity contribution in [1.82, 2.24) is 0 Å². The molecule has 1 aromatic heterocycles. The van der Waals surface area contributed by atoms with Crippen molar-refractivity contribution in [2.45, 2.75) is 13.0 Å². The summed E-state index contributed by atoms with van der Waals surface area (Å²) in [5.41, 5.74) is 2.31. The summed E-state index contributed by atoms with van der Waals surface area (Å²) in [6.45, 7) is 1.70. The number of ether oxygens (including phenoxy) is 1. The van der Waals surface area contributed by atoms with Crippen LogP contribution >= 0.6 is 0 Å². The number of hydrogen-bond acceptors (Lipinski definition) is 4. The monoisotopic (exact) mass is 370 g/mol. The van der Waals surface area contributed by atoms with Gasteiger partial charge < -0.3 is 9.15 Å². The summed E-state index contributed by atoms with van der Waals surface area (Å²) in [5, 5.41) is 0.806. The average molecular weight is 370 g/mol. The molecule has 0 unspecified atom stereocenters. The van der Waals surface area contributed by atoms with Gasteiger partial charge >= 0.3 is 5.63 Å². The Kier molecular flexibility index (Phi) is 4.77. The van der Waals surface area contributed by atoms with E-state index in [1.807, 2.05) is 54.6 Å². The van der Waals surface area contributed by atoms with E-state index >= 15 is 0 Å². The van der Waals surface area contributed by atoms with Crippen LogP contribution in [0.1, 0.15) is 17.3 Å². The maximum atomic E-state index is 12.5. The van der Waals surface area contributed by atoms with Gasteiger partial charge in [0.15, 0.2) is 6.10 Å². The van der Waals surface area contributed by atoms with Crippen molar-refractivity contribution in [3.05, 3.63) is 101 Å². The van der Waals surface area contributed by atoms with Crippen LogP contribution in [0.5, 0.6) is 5.75 Å². The first-order valence-corrected chi connectivity index (χ1v) is 9.01. The summed E-state index contributed by atoms with van der Waals surface area (Å²) < 4.78 is 11.2. The Bertz CT molecular complexity index is 1180. The van der Waals surface area contributed by atoms with E-state index in [2.05, 4.69) is 0 Å². The van der Waals surface area contributed by atoms with Crippen LogP contribution in [0.4, 0.5) is 0 Å². The Morgan fingerprint density at radius 2 is 1.57 bits per heavy atom. The predicted octanol–water partition coefficient (Wildman–Crippen LogP) is 5.11. The zero-order chi connectivity index (χ0) is 19.5. The molecule has 0 fully saturated rings. The zero-order valence-electron chi connectivity index (χ0n) is 15.3. The van der Waals surface area contributed by atoms with E-state index in [-0.39, 0.29) is 5.78 Å². The van der Waals surface area contributed by atoms with Gasteiger partial charge in [0.2, 0.25) is 5.78 Å². The van der Waals surface area contributed by atoms with E-state index in [4.69, 9.17) is 9.15 Å². The van der Waals surface area contributed by atoms with Gasteiger partial charge in [-0.15, -0.1) is 0 Å². The highest BCUT2D eigenvalue weighted by Crippen LogP contribution is 2.30. The van der Waals surface area contributed by atoms with Crippen LogP contribution in [-0.4, -0.2) is 11.9 Å². The van der Waals surface area contributed by atoms with Gasteiger partial charge in [-0.25, -0.2) is 4.79 Å². The molecule has 4 nitrogen and oxygen atoms in total. The Morgan fingerprint density at radius 3 is 2.29 bits per heavy atom. The number of rotatable bonds is 5. The highest BCUT2D eigenvalue weighted by atomic mass is 16.5. The van der Waals surface area contributed by atoms with E-state index in [1.54, 1.807) is 31.2 Å². The zero-order valence-corrected chi connectivity index (χ0v) is 15.3. The predicted molar refractivity (Wildman–Crippen MR) is 109 cm³/mol. The Hall–Kier alpha value is -3.66. The van der Waals surface area contributed by atoms with Crippen LogP contribution in [0.2, 0.25) is 0 Å². The fourth-order valence-electron chi connectivity index (χ4n) is 3.17. The molecule has 0 saturated heterocycles. The second-order valence-corrected chi connectivity index (χ2v) is 6.49. The number of hydrogen-bond donors (Lipinski definition) is 0. The number of Topliss-reactive ketones (excluding diaryl/α,β-unsaturated/α-hetero) is 1. The van der Waals surface area contributed by atoms with E-state index in [9.17, 15) is 9.59 Å². The maximum Gasteiger partial charge on any atom is 0.336 e.